The second-order valence-corrected chi connectivity index (χ2v) is 5.79. The highest BCUT2D eigenvalue weighted by atomic mass is 32.1. The van der Waals surface area contributed by atoms with E-state index in [-0.39, 0.29) is 5.69 Å². The van der Waals surface area contributed by atoms with Crippen LogP contribution in [-0.4, -0.2) is 15.7 Å². The summed E-state index contributed by atoms with van der Waals surface area (Å²) in [5, 5.41) is 18.3. The Hall–Kier alpha value is -2.80. The Balaban J connectivity index is 2.00. The summed E-state index contributed by atoms with van der Waals surface area (Å²) in [6.45, 7) is 5.84. The molecule has 7 heteroatoms. The van der Waals surface area contributed by atoms with E-state index in [2.05, 4.69) is 21.9 Å². The lowest BCUT2D eigenvalue weighted by Crippen LogP contribution is -2.25. The Morgan fingerprint density at radius 3 is 2.42 bits per heavy atom. The topological polar surface area (TPSA) is 79.6 Å². The van der Waals surface area contributed by atoms with Crippen LogP contribution in [0.2, 0.25) is 0 Å². The molecule has 2 N–H and O–H groups in total. The Kier molecular flexibility index (Phi) is 5.59. The summed E-state index contributed by atoms with van der Waals surface area (Å²) in [5.41, 5.74) is 7.48. The molecule has 0 aliphatic heterocycles. The number of nitrogens with zero attached hydrogens (tertiary/aromatic N) is 2. The van der Waals surface area contributed by atoms with Crippen molar-refractivity contribution in [2.75, 3.05) is 5.32 Å². The zero-order valence-corrected chi connectivity index (χ0v) is 14.5. The van der Waals surface area contributed by atoms with E-state index in [0.717, 1.165) is 16.8 Å². The van der Waals surface area contributed by atoms with Gasteiger partial charge in [-0.1, -0.05) is 17.7 Å². The van der Waals surface area contributed by atoms with Gasteiger partial charge in [0.25, 0.3) is 5.69 Å². The average molecular weight is 342 g/mol. The van der Waals surface area contributed by atoms with Gasteiger partial charge < -0.3 is 5.32 Å². The van der Waals surface area contributed by atoms with Crippen LogP contribution in [0.3, 0.4) is 0 Å². The van der Waals surface area contributed by atoms with Gasteiger partial charge in [-0.05, 0) is 62.3 Å². The summed E-state index contributed by atoms with van der Waals surface area (Å²) in [5.74, 6) is 0. The second-order valence-electron chi connectivity index (χ2n) is 5.39. The highest BCUT2D eigenvalue weighted by Crippen LogP contribution is 2.16. The van der Waals surface area contributed by atoms with Gasteiger partial charge >= 0.3 is 0 Å². The predicted molar refractivity (Wildman–Crippen MR) is 101 cm³/mol. The number of benzene rings is 2. The molecular formula is C17H18N4O2S. The maximum absolute atomic E-state index is 10.7. The number of anilines is 1. The van der Waals surface area contributed by atoms with Gasteiger partial charge in [0.1, 0.15) is 0 Å². The minimum Gasteiger partial charge on any atom is -0.331 e. The van der Waals surface area contributed by atoms with Crippen LogP contribution in [0.25, 0.3) is 0 Å². The first-order chi connectivity index (χ1) is 11.4. The summed E-state index contributed by atoms with van der Waals surface area (Å²) < 4.78 is 0. The second kappa shape index (κ2) is 7.65. The summed E-state index contributed by atoms with van der Waals surface area (Å²) in [7, 11) is 0. The van der Waals surface area contributed by atoms with Gasteiger partial charge in [-0.15, -0.1) is 0 Å². The third-order valence-corrected chi connectivity index (χ3v) is 3.64. The molecule has 0 bridgehead atoms. The molecule has 0 fully saturated rings. The quantitative estimate of drug-likeness (QED) is 0.381. The molecule has 0 amide bonds. The first-order valence-corrected chi connectivity index (χ1v) is 7.71. The van der Waals surface area contributed by atoms with Crippen molar-refractivity contribution in [2.45, 2.75) is 20.8 Å². The van der Waals surface area contributed by atoms with E-state index >= 15 is 0 Å². The van der Waals surface area contributed by atoms with E-state index in [1.807, 2.05) is 26.0 Å². The molecule has 0 saturated heterocycles. The van der Waals surface area contributed by atoms with E-state index in [0.29, 0.717) is 10.8 Å². The van der Waals surface area contributed by atoms with Crippen molar-refractivity contribution < 1.29 is 4.92 Å². The number of hydrazone groups is 1. The van der Waals surface area contributed by atoms with Crippen molar-refractivity contribution in [1.29, 1.82) is 0 Å². The van der Waals surface area contributed by atoms with Crippen LogP contribution in [0.1, 0.15) is 23.6 Å². The molecule has 124 valence electrons. The van der Waals surface area contributed by atoms with E-state index in [1.54, 1.807) is 19.1 Å². The highest BCUT2D eigenvalue weighted by Gasteiger charge is 2.06. The number of hydrogen-bond donors (Lipinski definition) is 2. The van der Waals surface area contributed by atoms with E-state index in [9.17, 15) is 10.1 Å². The number of nitro benzene ring substituents is 1. The molecule has 0 aromatic heterocycles. The number of non-ortho nitro benzene ring substituents is 1. The number of aryl methyl sites for hydroxylation is 2. The molecule has 0 saturated carbocycles. The van der Waals surface area contributed by atoms with Crippen molar-refractivity contribution in [3.05, 3.63) is 69.3 Å². The first kappa shape index (κ1) is 17.6. The molecule has 2 aromatic rings. The Morgan fingerprint density at radius 2 is 1.83 bits per heavy atom. The monoisotopic (exact) mass is 342 g/mol. The molecule has 6 nitrogen and oxygen atoms in total. The SMILES string of the molecule is C/C(=N\NC(=S)Nc1ccc(C)cc1C)c1ccc([N+](=O)[O-])cc1. The number of nitrogens with one attached hydrogen (secondary N) is 2. The number of nitro groups is 1. The van der Waals surface area contributed by atoms with Gasteiger partial charge in [-0.3, -0.25) is 15.5 Å². The molecule has 0 unspecified atom stereocenters. The van der Waals surface area contributed by atoms with Crippen molar-refractivity contribution in [2.24, 2.45) is 5.10 Å². The Labute approximate surface area is 145 Å². The van der Waals surface area contributed by atoms with Gasteiger partial charge in [0.05, 0.1) is 10.6 Å². The summed E-state index contributed by atoms with van der Waals surface area (Å²) in [6.07, 6.45) is 0. The first-order valence-electron chi connectivity index (χ1n) is 7.30. The standard InChI is InChI=1S/C17H18N4O2S/c1-11-4-9-16(12(2)10-11)18-17(24)20-19-13(3)14-5-7-15(8-6-14)21(22)23/h4-10H,1-3H3,(H2,18,20,24)/b19-13+. The molecule has 0 spiro atoms. The van der Waals surface area contributed by atoms with Crippen LogP contribution in [0.15, 0.2) is 47.6 Å². The molecule has 0 aliphatic carbocycles. The van der Waals surface area contributed by atoms with Gasteiger partial charge in [0.15, 0.2) is 5.11 Å². The third kappa shape index (κ3) is 4.60. The summed E-state index contributed by atoms with van der Waals surface area (Å²) >= 11 is 5.23. The Bertz CT molecular complexity index is 801. The largest absolute Gasteiger partial charge is 0.331 e. The smallest absolute Gasteiger partial charge is 0.269 e. The maximum Gasteiger partial charge on any atom is 0.269 e. The van der Waals surface area contributed by atoms with Crippen LogP contribution >= 0.6 is 12.2 Å². The average Bonchev–Trinajstić information content (AvgIpc) is 2.55. The Morgan fingerprint density at radius 1 is 1.17 bits per heavy atom. The molecular weight excluding hydrogens is 324 g/mol. The van der Waals surface area contributed by atoms with Crippen LogP contribution in [0.5, 0.6) is 0 Å². The van der Waals surface area contributed by atoms with Crippen LogP contribution in [0, 0.1) is 24.0 Å². The number of thiocarbonyl (C=S) groups is 1. The van der Waals surface area contributed by atoms with Crippen LogP contribution < -0.4 is 10.7 Å². The number of rotatable bonds is 4. The fraction of sp³-hybridized carbons (Fsp3) is 0.176. The molecule has 0 atom stereocenters. The molecule has 24 heavy (non-hydrogen) atoms. The minimum absolute atomic E-state index is 0.0477. The van der Waals surface area contributed by atoms with Crippen molar-refractivity contribution >= 4 is 34.4 Å². The molecule has 0 aliphatic rings. The summed E-state index contributed by atoms with van der Waals surface area (Å²) in [4.78, 5) is 10.2. The lowest BCUT2D eigenvalue weighted by Gasteiger charge is -2.11. The zero-order chi connectivity index (χ0) is 17.7. The van der Waals surface area contributed by atoms with E-state index in [1.165, 1.54) is 17.7 Å². The minimum atomic E-state index is -0.433. The normalized spacial score (nSPS) is 11.0. The fourth-order valence-corrected chi connectivity index (χ4v) is 2.28. The fourth-order valence-electron chi connectivity index (χ4n) is 2.13. The van der Waals surface area contributed by atoms with Crippen molar-refractivity contribution in [3.63, 3.8) is 0 Å². The molecule has 2 rings (SSSR count). The zero-order valence-electron chi connectivity index (χ0n) is 13.7. The van der Waals surface area contributed by atoms with Gasteiger partial charge in [0.2, 0.25) is 0 Å². The van der Waals surface area contributed by atoms with Gasteiger partial charge in [-0.2, -0.15) is 5.10 Å². The highest BCUT2D eigenvalue weighted by molar-refractivity contribution is 7.80. The molecule has 0 heterocycles. The molecule has 0 radical (unpaired) electrons. The van der Waals surface area contributed by atoms with Gasteiger partial charge in [-0.25, -0.2) is 0 Å². The maximum atomic E-state index is 10.7. The predicted octanol–water partition coefficient (Wildman–Crippen LogP) is 3.92. The van der Waals surface area contributed by atoms with E-state index in [4.69, 9.17) is 12.2 Å². The lowest BCUT2D eigenvalue weighted by molar-refractivity contribution is -0.384. The van der Waals surface area contributed by atoms with Gasteiger partial charge in [0, 0.05) is 17.8 Å². The molecule has 2 aromatic carbocycles. The number of hydrogen-bond acceptors (Lipinski definition) is 4. The third-order valence-electron chi connectivity index (χ3n) is 3.45. The lowest BCUT2D eigenvalue weighted by atomic mass is 10.1. The van der Waals surface area contributed by atoms with Crippen molar-refractivity contribution in [3.8, 4) is 0 Å². The van der Waals surface area contributed by atoms with Crippen LogP contribution in [0.4, 0.5) is 11.4 Å². The van der Waals surface area contributed by atoms with E-state index < -0.39 is 4.92 Å². The summed E-state index contributed by atoms with van der Waals surface area (Å²) in [6, 6.07) is 12.2. The van der Waals surface area contributed by atoms with Crippen molar-refractivity contribution in [1.82, 2.24) is 5.43 Å². The van der Waals surface area contributed by atoms with Crippen LogP contribution in [-0.2, 0) is 0 Å².